The van der Waals surface area contributed by atoms with E-state index in [1.165, 1.54) is 72.2 Å². The van der Waals surface area contributed by atoms with E-state index in [0.29, 0.717) is 0 Å². The van der Waals surface area contributed by atoms with Crippen molar-refractivity contribution in [2.75, 3.05) is 0 Å². The molecule has 13 aromatic rings. The number of para-hydroxylation sites is 6. The number of aromatic nitrogens is 3. The number of allylic oxidation sites excluding steroid dienone is 2. The summed E-state index contributed by atoms with van der Waals surface area (Å²) in [6, 6.07) is 63.0. The molecule has 0 saturated carbocycles. The summed E-state index contributed by atoms with van der Waals surface area (Å²) in [5, 5.41) is 8.43. The van der Waals surface area contributed by atoms with Crippen LogP contribution in [0.4, 0.5) is 0 Å². The molecule has 5 heteroatoms. The molecule has 0 N–H and O–H groups in total. The van der Waals surface area contributed by atoms with Gasteiger partial charge in [-0.15, -0.1) is 0 Å². The quantitative estimate of drug-likeness (QED) is 0.177. The van der Waals surface area contributed by atoms with Gasteiger partial charge in [0.2, 0.25) is 0 Å². The van der Waals surface area contributed by atoms with Gasteiger partial charge >= 0.3 is 0 Å². The summed E-state index contributed by atoms with van der Waals surface area (Å²) in [4.78, 5) is 0. The summed E-state index contributed by atoms with van der Waals surface area (Å²) in [6.07, 6.45) is 13.4. The highest BCUT2D eigenvalue weighted by Gasteiger charge is 2.24. The molecular weight excluding hydrogens is 843 g/mol. The van der Waals surface area contributed by atoms with Gasteiger partial charge in [-0.2, -0.15) is 0 Å². The lowest BCUT2D eigenvalue weighted by Crippen LogP contribution is -2.00. The van der Waals surface area contributed by atoms with Crippen LogP contribution < -0.4 is 0 Å². The van der Waals surface area contributed by atoms with Gasteiger partial charge in [-0.3, -0.25) is 0 Å². The molecule has 0 fully saturated rings. The van der Waals surface area contributed by atoms with Gasteiger partial charge in [0.05, 0.1) is 27.9 Å². The van der Waals surface area contributed by atoms with E-state index in [0.717, 1.165) is 92.1 Å². The molecule has 69 heavy (non-hydrogen) atoms. The molecule has 5 aromatic heterocycles. The van der Waals surface area contributed by atoms with Crippen LogP contribution in [-0.2, 0) is 12.8 Å². The van der Waals surface area contributed by atoms with Gasteiger partial charge in [-0.1, -0.05) is 121 Å². The minimum atomic E-state index is 0.892. The van der Waals surface area contributed by atoms with E-state index in [-0.39, 0.29) is 0 Å². The zero-order valence-corrected chi connectivity index (χ0v) is 38.5. The first-order chi connectivity index (χ1) is 34.1. The molecule has 5 heterocycles. The van der Waals surface area contributed by atoms with Gasteiger partial charge in [0.1, 0.15) is 11.2 Å². The second-order valence-electron chi connectivity index (χ2n) is 18.7. The molecule has 2 aliphatic rings. The Labute approximate surface area is 399 Å². The van der Waals surface area contributed by atoms with Gasteiger partial charge in [0, 0.05) is 60.5 Å². The average Bonchev–Trinajstić information content (AvgIpc) is 4.21. The predicted octanol–water partition coefficient (Wildman–Crippen LogP) is 17.2. The third-order valence-corrected chi connectivity index (χ3v) is 14.7. The molecule has 2 aliphatic carbocycles. The summed E-state index contributed by atoms with van der Waals surface area (Å²) < 4.78 is 20.5. The van der Waals surface area contributed by atoms with Crippen molar-refractivity contribution in [2.24, 2.45) is 0 Å². The molecule has 5 nitrogen and oxygen atoms in total. The molecule has 15 rings (SSSR count). The Kier molecular flexibility index (Phi) is 8.90. The Morgan fingerprint density at radius 3 is 1.43 bits per heavy atom. The fourth-order valence-electron chi connectivity index (χ4n) is 11.6. The van der Waals surface area contributed by atoms with Crippen molar-refractivity contribution in [2.45, 2.75) is 39.5 Å². The molecule has 0 unspecified atom stereocenters. The van der Waals surface area contributed by atoms with Crippen LogP contribution in [-0.4, -0.2) is 13.7 Å². The number of hydrogen-bond acceptors (Lipinski definition) is 2. The minimum absolute atomic E-state index is 0.892. The van der Waals surface area contributed by atoms with Gasteiger partial charge in [0.15, 0.2) is 11.2 Å². The summed E-state index contributed by atoms with van der Waals surface area (Å²) in [6.45, 7) is 4.32. The van der Waals surface area contributed by atoms with Crippen LogP contribution in [0.1, 0.15) is 46.6 Å². The van der Waals surface area contributed by atoms with E-state index in [1.807, 2.05) is 0 Å². The number of aryl methyl sites for hydroxylation is 4. The lowest BCUT2D eigenvalue weighted by molar-refractivity contribution is 0.665. The van der Waals surface area contributed by atoms with Crippen molar-refractivity contribution in [3.63, 3.8) is 0 Å². The van der Waals surface area contributed by atoms with Gasteiger partial charge in [-0.05, 0) is 146 Å². The minimum Gasteiger partial charge on any atom is -0.454 e. The first kappa shape index (κ1) is 39.6. The van der Waals surface area contributed by atoms with Crippen molar-refractivity contribution in [1.29, 1.82) is 0 Å². The summed E-state index contributed by atoms with van der Waals surface area (Å²) in [5.74, 6) is 0. The van der Waals surface area contributed by atoms with E-state index in [2.05, 4.69) is 228 Å². The zero-order chi connectivity index (χ0) is 45.7. The number of fused-ring (bicyclic) bond motifs is 13. The molecule has 0 amide bonds. The fraction of sp³-hybridized carbons (Fsp3) is 0.0938. The zero-order valence-electron chi connectivity index (χ0n) is 38.5. The van der Waals surface area contributed by atoms with Crippen molar-refractivity contribution >= 4 is 88.7 Å². The first-order valence-corrected chi connectivity index (χ1v) is 24.2. The molecule has 0 saturated heterocycles. The predicted molar refractivity (Wildman–Crippen MR) is 288 cm³/mol. The van der Waals surface area contributed by atoms with Crippen molar-refractivity contribution in [3.8, 4) is 28.2 Å². The van der Waals surface area contributed by atoms with E-state index < -0.39 is 0 Å². The Hall–Kier alpha value is -8.54. The smallest absolute Gasteiger partial charge is 0.159 e. The third-order valence-electron chi connectivity index (χ3n) is 14.7. The molecule has 8 aromatic carbocycles. The molecule has 0 bridgehead atoms. The Morgan fingerprint density at radius 2 is 0.870 bits per heavy atom. The number of furan rings is 2. The monoisotopic (exact) mass is 889 g/mol. The van der Waals surface area contributed by atoms with E-state index in [9.17, 15) is 0 Å². The maximum atomic E-state index is 6.71. The van der Waals surface area contributed by atoms with Crippen LogP contribution in [0.5, 0.6) is 0 Å². The van der Waals surface area contributed by atoms with Gasteiger partial charge < -0.3 is 22.5 Å². The number of rotatable bonds is 4. The van der Waals surface area contributed by atoms with E-state index in [4.69, 9.17) is 8.83 Å². The molecule has 0 aliphatic heterocycles. The van der Waals surface area contributed by atoms with Crippen molar-refractivity contribution < 1.29 is 8.83 Å². The highest BCUT2D eigenvalue weighted by molar-refractivity contribution is 6.12. The second-order valence-corrected chi connectivity index (χ2v) is 18.7. The van der Waals surface area contributed by atoms with Crippen LogP contribution in [0.3, 0.4) is 0 Å². The van der Waals surface area contributed by atoms with Crippen LogP contribution in [0, 0.1) is 13.8 Å². The average molecular weight is 890 g/mol. The molecule has 0 atom stereocenters. The Bertz CT molecular complexity index is 4070. The topological polar surface area (TPSA) is 41.1 Å². The lowest BCUT2D eigenvalue weighted by atomic mass is 10.00. The lowest BCUT2D eigenvalue weighted by Gasteiger charge is -2.12. The Morgan fingerprint density at radius 1 is 0.391 bits per heavy atom. The molecule has 0 spiro atoms. The van der Waals surface area contributed by atoms with Crippen molar-refractivity contribution in [1.82, 2.24) is 13.7 Å². The fourth-order valence-corrected chi connectivity index (χ4v) is 11.6. The van der Waals surface area contributed by atoms with Gasteiger partial charge in [-0.25, -0.2) is 0 Å². The normalized spacial score (nSPS) is 13.3. The SMILES string of the molecule is C1=Cc2c(c3ccccc3n2-c2cccc3c2oc2ccc(-c4ccc5oc6c(-n7c8c(c9ccccc97)CCC=C8)cccc6c5c4)cc23)CC1.Cc1ccccc1-n1c(C)cc2ccccc21. The van der Waals surface area contributed by atoms with Crippen LogP contribution >= 0.6 is 0 Å². The molecule has 330 valence electrons. The summed E-state index contributed by atoms with van der Waals surface area (Å²) >= 11 is 0. The van der Waals surface area contributed by atoms with Crippen molar-refractivity contribution in [3.05, 3.63) is 222 Å². The molecule has 0 radical (unpaired) electrons. The third kappa shape index (κ3) is 6.10. The highest BCUT2D eigenvalue weighted by atomic mass is 16.3. The number of hydrogen-bond donors (Lipinski definition) is 0. The highest BCUT2D eigenvalue weighted by Crippen LogP contribution is 2.43. The largest absolute Gasteiger partial charge is 0.454 e. The Balaban J connectivity index is 0.000000223. The number of benzene rings is 8. The second kappa shape index (κ2) is 15.5. The molecular formula is C64H47N3O2. The maximum Gasteiger partial charge on any atom is 0.159 e. The van der Waals surface area contributed by atoms with Crippen LogP contribution in [0.2, 0.25) is 0 Å². The maximum absolute atomic E-state index is 6.71. The van der Waals surface area contributed by atoms with Crippen LogP contribution in [0.15, 0.2) is 197 Å². The standard InChI is InChI=1S/C48H32N2O2.C16H15N/c1-5-17-39-31(11-1)32-12-2-6-18-40(32)49(39)43-21-9-15-35-37-27-29(23-25-45(37)51-47(35)43)30-24-26-46-38(28-30)36-16-10-22-44(48(36)52-46)50-41-19-7-3-13-33(41)34-14-4-8-20-42(34)50;1-12-7-3-5-9-15(12)17-13(2)11-14-8-4-6-10-16(14)17/h1,3,5-11,13,15-28H,2,4,12,14H2;3-11H,1-2H3. The summed E-state index contributed by atoms with van der Waals surface area (Å²) in [5.41, 5.74) is 21.0. The summed E-state index contributed by atoms with van der Waals surface area (Å²) in [7, 11) is 0. The van der Waals surface area contributed by atoms with Crippen LogP contribution in [0.25, 0.3) is 117 Å². The number of nitrogens with zero attached hydrogens (tertiary/aromatic N) is 3. The van der Waals surface area contributed by atoms with E-state index in [1.54, 1.807) is 0 Å². The van der Waals surface area contributed by atoms with E-state index >= 15 is 0 Å². The first-order valence-electron chi connectivity index (χ1n) is 24.2. The van der Waals surface area contributed by atoms with Gasteiger partial charge in [0.25, 0.3) is 0 Å².